The molecule has 1 aliphatic heterocycles. The summed E-state index contributed by atoms with van der Waals surface area (Å²) in [4.78, 5) is 0. The van der Waals surface area contributed by atoms with Gasteiger partial charge in [-0.3, -0.25) is 0 Å². The summed E-state index contributed by atoms with van der Waals surface area (Å²) in [5.41, 5.74) is 1.64. The van der Waals surface area contributed by atoms with Crippen LogP contribution >= 0.6 is 0 Å². The second kappa shape index (κ2) is 5.09. The maximum absolute atomic E-state index is 5.91. The molecule has 0 aliphatic carbocycles. The average molecular weight is 233 g/mol. The first-order valence-corrected chi connectivity index (χ1v) is 6.60. The van der Waals surface area contributed by atoms with Gasteiger partial charge >= 0.3 is 0 Å². The fourth-order valence-electron chi connectivity index (χ4n) is 2.11. The fraction of sp³-hybridized carbons (Fsp3) is 0.600. The molecule has 2 heteroatoms. The van der Waals surface area contributed by atoms with E-state index in [2.05, 4.69) is 50.4 Å². The zero-order chi connectivity index (χ0) is 12.3. The van der Waals surface area contributed by atoms with Gasteiger partial charge < -0.3 is 10.1 Å². The Morgan fingerprint density at radius 3 is 2.53 bits per heavy atom. The molecule has 1 N–H and O–H groups in total. The van der Waals surface area contributed by atoms with Crippen LogP contribution in [-0.2, 0) is 5.41 Å². The van der Waals surface area contributed by atoms with Gasteiger partial charge in [0, 0.05) is 6.54 Å². The zero-order valence-corrected chi connectivity index (χ0v) is 11.1. The summed E-state index contributed by atoms with van der Waals surface area (Å²) in [7, 11) is 0. The van der Waals surface area contributed by atoms with Crippen molar-refractivity contribution in [1.82, 2.24) is 5.32 Å². The van der Waals surface area contributed by atoms with Crippen molar-refractivity contribution in [3.8, 4) is 5.75 Å². The van der Waals surface area contributed by atoms with E-state index >= 15 is 0 Å². The van der Waals surface area contributed by atoms with E-state index in [0.717, 1.165) is 31.7 Å². The Balaban J connectivity index is 2.02. The Morgan fingerprint density at radius 1 is 1.29 bits per heavy atom. The van der Waals surface area contributed by atoms with Gasteiger partial charge in [-0.2, -0.15) is 0 Å². The lowest BCUT2D eigenvalue weighted by Gasteiger charge is -2.23. The van der Waals surface area contributed by atoms with Gasteiger partial charge in [-0.05, 0) is 42.5 Å². The van der Waals surface area contributed by atoms with E-state index in [9.17, 15) is 0 Å². The first-order chi connectivity index (χ1) is 8.12. The predicted molar refractivity (Wildman–Crippen MR) is 71.7 cm³/mol. The highest BCUT2D eigenvalue weighted by atomic mass is 16.5. The van der Waals surface area contributed by atoms with Crippen LogP contribution in [-0.4, -0.2) is 19.2 Å². The number of rotatable bonds is 4. The summed E-state index contributed by atoms with van der Waals surface area (Å²) >= 11 is 0. The van der Waals surface area contributed by atoms with Crippen LogP contribution in [0.3, 0.4) is 0 Å². The summed E-state index contributed by atoms with van der Waals surface area (Å²) in [6.07, 6.45) is 2.61. The Bertz CT molecular complexity index is 350. The van der Waals surface area contributed by atoms with Crippen LogP contribution in [0, 0.1) is 0 Å². The van der Waals surface area contributed by atoms with E-state index in [1.165, 1.54) is 5.56 Å². The summed E-state index contributed by atoms with van der Waals surface area (Å²) in [6.45, 7) is 8.84. The number of hydrogen-bond acceptors (Lipinski definition) is 2. The third-order valence-corrected chi connectivity index (χ3v) is 3.84. The highest BCUT2D eigenvalue weighted by Gasteiger charge is 2.19. The molecular weight excluding hydrogens is 210 g/mol. The quantitative estimate of drug-likeness (QED) is 0.862. The summed E-state index contributed by atoms with van der Waals surface area (Å²) < 4.78 is 5.91. The van der Waals surface area contributed by atoms with Crippen molar-refractivity contribution in [3.63, 3.8) is 0 Å². The van der Waals surface area contributed by atoms with E-state index in [-0.39, 0.29) is 5.41 Å². The number of nitrogens with one attached hydrogen (secondary N) is 1. The molecular formula is C15H23NO. The maximum atomic E-state index is 5.91. The van der Waals surface area contributed by atoms with Gasteiger partial charge in [0.1, 0.15) is 11.9 Å². The third-order valence-electron chi connectivity index (χ3n) is 3.84. The predicted octanol–water partition coefficient (Wildman–Crippen LogP) is 3.11. The molecule has 94 valence electrons. The molecule has 0 spiro atoms. The van der Waals surface area contributed by atoms with Gasteiger partial charge in [-0.1, -0.05) is 32.9 Å². The third kappa shape index (κ3) is 3.01. The van der Waals surface area contributed by atoms with Crippen LogP contribution in [0.2, 0.25) is 0 Å². The lowest BCUT2D eigenvalue weighted by atomic mass is 9.82. The molecule has 2 rings (SSSR count). The lowest BCUT2D eigenvalue weighted by Crippen LogP contribution is -2.20. The van der Waals surface area contributed by atoms with Gasteiger partial charge in [0.05, 0.1) is 0 Å². The monoisotopic (exact) mass is 233 g/mol. The Hall–Kier alpha value is -1.02. The van der Waals surface area contributed by atoms with Crippen molar-refractivity contribution in [2.24, 2.45) is 0 Å². The molecule has 1 heterocycles. The van der Waals surface area contributed by atoms with Crippen LogP contribution < -0.4 is 10.1 Å². The molecule has 0 bridgehead atoms. The first-order valence-electron chi connectivity index (χ1n) is 6.60. The van der Waals surface area contributed by atoms with E-state index in [1.807, 2.05) is 0 Å². The van der Waals surface area contributed by atoms with Crippen molar-refractivity contribution < 1.29 is 4.74 Å². The Morgan fingerprint density at radius 2 is 2.00 bits per heavy atom. The highest BCUT2D eigenvalue weighted by Crippen LogP contribution is 2.28. The minimum absolute atomic E-state index is 0.257. The SMILES string of the molecule is CCC(C)(C)c1ccc(O[C@@H]2CCNC2)cc1. The Labute approximate surface area is 104 Å². The van der Waals surface area contributed by atoms with Crippen LogP contribution in [0.15, 0.2) is 24.3 Å². The number of ether oxygens (including phenoxy) is 1. The first kappa shape index (κ1) is 12.4. The summed E-state index contributed by atoms with van der Waals surface area (Å²) in [5, 5.41) is 3.31. The minimum Gasteiger partial charge on any atom is -0.489 e. The maximum Gasteiger partial charge on any atom is 0.119 e. The molecule has 1 fully saturated rings. The molecule has 0 radical (unpaired) electrons. The minimum atomic E-state index is 0.257. The van der Waals surface area contributed by atoms with E-state index in [4.69, 9.17) is 4.74 Å². The molecule has 17 heavy (non-hydrogen) atoms. The summed E-state index contributed by atoms with van der Waals surface area (Å²) in [5.74, 6) is 0.995. The summed E-state index contributed by atoms with van der Waals surface area (Å²) in [6, 6.07) is 8.60. The van der Waals surface area contributed by atoms with Crippen LogP contribution in [0.5, 0.6) is 5.75 Å². The van der Waals surface area contributed by atoms with Gasteiger partial charge in [-0.25, -0.2) is 0 Å². The molecule has 0 saturated carbocycles. The van der Waals surface area contributed by atoms with Crippen LogP contribution in [0.25, 0.3) is 0 Å². The molecule has 1 aliphatic rings. The zero-order valence-electron chi connectivity index (χ0n) is 11.1. The van der Waals surface area contributed by atoms with E-state index < -0.39 is 0 Å². The van der Waals surface area contributed by atoms with Gasteiger partial charge in [0.25, 0.3) is 0 Å². The standard InChI is InChI=1S/C15H23NO/c1-4-15(2,3)12-5-7-13(8-6-12)17-14-9-10-16-11-14/h5-8,14,16H,4,9-11H2,1-3H3/t14-/m1/s1. The average Bonchev–Trinajstić information content (AvgIpc) is 2.83. The number of hydrogen-bond donors (Lipinski definition) is 1. The fourth-order valence-corrected chi connectivity index (χ4v) is 2.11. The highest BCUT2D eigenvalue weighted by molar-refractivity contribution is 5.31. The molecule has 0 amide bonds. The molecule has 1 saturated heterocycles. The second-order valence-corrected chi connectivity index (χ2v) is 5.49. The van der Waals surface area contributed by atoms with Gasteiger partial charge in [0.15, 0.2) is 0 Å². The van der Waals surface area contributed by atoms with Crippen molar-refractivity contribution in [2.45, 2.75) is 45.1 Å². The van der Waals surface area contributed by atoms with Crippen molar-refractivity contribution in [2.75, 3.05) is 13.1 Å². The van der Waals surface area contributed by atoms with Crippen molar-refractivity contribution in [3.05, 3.63) is 29.8 Å². The smallest absolute Gasteiger partial charge is 0.119 e. The number of benzene rings is 1. The van der Waals surface area contributed by atoms with Gasteiger partial charge in [-0.15, -0.1) is 0 Å². The molecule has 0 unspecified atom stereocenters. The molecule has 1 aromatic carbocycles. The largest absolute Gasteiger partial charge is 0.489 e. The topological polar surface area (TPSA) is 21.3 Å². The van der Waals surface area contributed by atoms with Crippen LogP contribution in [0.1, 0.15) is 39.2 Å². The van der Waals surface area contributed by atoms with Gasteiger partial charge in [0.2, 0.25) is 0 Å². The van der Waals surface area contributed by atoms with E-state index in [1.54, 1.807) is 0 Å². The molecule has 1 atom stereocenters. The normalized spacial score (nSPS) is 20.5. The molecule has 0 aromatic heterocycles. The van der Waals surface area contributed by atoms with Crippen molar-refractivity contribution in [1.29, 1.82) is 0 Å². The lowest BCUT2D eigenvalue weighted by molar-refractivity contribution is 0.223. The van der Waals surface area contributed by atoms with Crippen LogP contribution in [0.4, 0.5) is 0 Å². The van der Waals surface area contributed by atoms with E-state index in [0.29, 0.717) is 6.10 Å². The Kier molecular flexibility index (Phi) is 3.72. The molecule has 1 aromatic rings. The van der Waals surface area contributed by atoms with Crippen molar-refractivity contribution >= 4 is 0 Å². The second-order valence-electron chi connectivity index (χ2n) is 5.49. The molecule has 2 nitrogen and oxygen atoms in total.